The standard InChI is InChI=1S/C19H24ClN5O2/c1-3-17-22-18(25(23-17)11-12(2)26)13-6-8-24(9-7-13)19-21-15-5-4-14(20)10-16(15)27-19/h4-5,10,12-13,26H,3,6-9,11H2,1-2H3. The maximum atomic E-state index is 9.76. The topological polar surface area (TPSA) is 80.2 Å². The average molecular weight is 390 g/mol. The number of anilines is 1. The van der Waals surface area contributed by atoms with E-state index < -0.39 is 6.10 Å². The first kappa shape index (κ1) is 18.3. The molecule has 1 atom stereocenters. The molecular formula is C19H24ClN5O2. The lowest BCUT2D eigenvalue weighted by Gasteiger charge is -2.30. The highest BCUT2D eigenvalue weighted by Crippen LogP contribution is 2.31. The molecule has 1 unspecified atom stereocenters. The molecule has 144 valence electrons. The van der Waals surface area contributed by atoms with Gasteiger partial charge < -0.3 is 14.4 Å². The molecule has 1 N–H and O–H groups in total. The zero-order valence-electron chi connectivity index (χ0n) is 15.6. The number of aliphatic hydroxyl groups excluding tert-OH is 1. The summed E-state index contributed by atoms with van der Waals surface area (Å²) in [5.74, 6) is 2.15. The van der Waals surface area contributed by atoms with Crippen LogP contribution in [0, 0.1) is 0 Å². The van der Waals surface area contributed by atoms with E-state index in [-0.39, 0.29) is 0 Å². The van der Waals surface area contributed by atoms with Gasteiger partial charge in [0.1, 0.15) is 11.3 Å². The molecule has 3 aromatic rings. The van der Waals surface area contributed by atoms with Crippen LogP contribution in [-0.4, -0.2) is 44.0 Å². The maximum absolute atomic E-state index is 9.76. The van der Waals surface area contributed by atoms with Crippen molar-refractivity contribution >= 4 is 28.7 Å². The SMILES string of the molecule is CCc1nc(C2CCN(c3nc4ccc(Cl)cc4o3)CC2)n(CC(C)O)n1. The average Bonchev–Trinajstić information content (AvgIpc) is 3.25. The molecule has 0 radical (unpaired) electrons. The molecule has 1 saturated heterocycles. The third-order valence-corrected chi connectivity index (χ3v) is 5.20. The molecule has 8 heteroatoms. The molecule has 0 spiro atoms. The number of aryl methyl sites for hydroxylation is 1. The normalized spacial score (nSPS) is 17.0. The van der Waals surface area contributed by atoms with Crippen molar-refractivity contribution in [3.8, 4) is 0 Å². The summed E-state index contributed by atoms with van der Waals surface area (Å²) >= 11 is 6.03. The van der Waals surface area contributed by atoms with Crippen molar-refractivity contribution in [2.24, 2.45) is 0 Å². The van der Waals surface area contributed by atoms with Gasteiger partial charge in [-0.05, 0) is 31.9 Å². The summed E-state index contributed by atoms with van der Waals surface area (Å²) < 4.78 is 7.77. The highest BCUT2D eigenvalue weighted by atomic mass is 35.5. The molecule has 0 saturated carbocycles. The quantitative estimate of drug-likeness (QED) is 0.720. The van der Waals surface area contributed by atoms with Gasteiger partial charge in [-0.15, -0.1) is 0 Å². The van der Waals surface area contributed by atoms with Crippen molar-refractivity contribution < 1.29 is 9.52 Å². The zero-order chi connectivity index (χ0) is 19.0. The van der Waals surface area contributed by atoms with Crippen LogP contribution in [0.2, 0.25) is 5.02 Å². The van der Waals surface area contributed by atoms with Crippen LogP contribution in [-0.2, 0) is 13.0 Å². The lowest BCUT2D eigenvalue weighted by atomic mass is 9.96. The second kappa shape index (κ2) is 7.48. The van der Waals surface area contributed by atoms with Crippen molar-refractivity contribution in [1.29, 1.82) is 0 Å². The van der Waals surface area contributed by atoms with E-state index in [1.54, 1.807) is 13.0 Å². The number of fused-ring (bicyclic) bond motifs is 1. The minimum absolute atomic E-state index is 0.326. The van der Waals surface area contributed by atoms with Crippen LogP contribution in [0.3, 0.4) is 0 Å². The Labute approximate surface area is 163 Å². The summed E-state index contributed by atoms with van der Waals surface area (Å²) in [6.07, 6.45) is 2.24. The first-order valence-electron chi connectivity index (χ1n) is 9.46. The van der Waals surface area contributed by atoms with Crippen LogP contribution in [0.15, 0.2) is 22.6 Å². The van der Waals surface area contributed by atoms with Crippen LogP contribution < -0.4 is 4.90 Å². The van der Waals surface area contributed by atoms with E-state index in [9.17, 15) is 5.11 Å². The van der Waals surface area contributed by atoms with Crippen LogP contribution in [0.1, 0.15) is 44.3 Å². The number of rotatable bonds is 5. The smallest absolute Gasteiger partial charge is 0.298 e. The van der Waals surface area contributed by atoms with Gasteiger partial charge in [-0.25, -0.2) is 9.67 Å². The van der Waals surface area contributed by atoms with E-state index in [2.05, 4.69) is 15.0 Å². The first-order chi connectivity index (χ1) is 13.0. The predicted molar refractivity (Wildman–Crippen MR) is 104 cm³/mol. The Bertz CT molecular complexity index is 927. The molecular weight excluding hydrogens is 366 g/mol. The molecule has 0 amide bonds. The molecule has 7 nitrogen and oxygen atoms in total. The molecule has 1 aliphatic heterocycles. The van der Waals surface area contributed by atoms with Gasteiger partial charge in [0, 0.05) is 36.5 Å². The van der Waals surface area contributed by atoms with E-state index in [0.29, 0.717) is 29.1 Å². The summed E-state index contributed by atoms with van der Waals surface area (Å²) in [7, 11) is 0. The first-order valence-corrected chi connectivity index (χ1v) is 9.84. The number of hydrogen-bond acceptors (Lipinski definition) is 6. The Kier molecular flexibility index (Phi) is 5.06. The fourth-order valence-corrected chi connectivity index (χ4v) is 3.75. The lowest BCUT2D eigenvalue weighted by Crippen LogP contribution is -2.34. The highest BCUT2D eigenvalue weighted by molar-refractivity contribution is 6.31. The van der Waals surface area contributed by atoms with Crippen molar-refractivity contribution in [3.63, 3.8) is 0 Å². The molecule has 27 heavy (non-hydrogen) atoms. The summed E-state index contributed by atoms with van der Waals surface area (Å²) in [6.45, 7) is 5.99. The Hall–Kier alpha value is -2.12. The van der Waals surface area contributed by atoms with E-state index >= 15 is 0 Å². The minimum Gasteiger partial charge on any atom is -0.423 e. The van der Waals surface area contributed by atoms with Crippen molar-refractivity contribution in [3.05, 3.63) is 34.9 Å². The number of oxazole rings is 1. The Morgan fingerprint density at radius 1 is 1.30 bits per heavy atom. The molecule has 1 fully saturated rings. The van der Waals surface area contributed by atoms with E-state index in [0.717, 1.165) is 49.5 Å². The number of hydrogen-bond donors (Lipinski definition) is 1. The fraction of sp³-hybridized carbons (Fsp3) is 0.526. The number of nitrogens with zero attached hydrogens (tertiary/aromatic N) is 5. The number of halogens is 1. The van der Waals surface area contributed by atoms with Crippen molar-refractivity contribution in [1.82, 2.24) is 19.7 Å². The molecule has 3 heterocycles. The van der Waals surface area contributed by atoms with Crippen LogP contribution in [0.25, 0.3) is 11.1 Å². The van der Waals surface area contributed by atoms with Gasteiger partial charge >= 0.3 is 0 Å². The number of aliphatic hydroxyl groups is 1. The van der Waals surface area contributed by atoms with Gasteiger partial charge in [-0.3, -0.25) is 0 Å². The molecule has 1 aliphatic rings. The molecule has 0 aliphatic carbocycles. The molecule has 4 rings (SSSR count). The third kappa shape index (κ3) is 3.80. The molecule has 2 aromatic heterocycles. The number of aromatic nitrogens is 4. The summed E-state index contributed by atoms with van der Waals surface area (Å²) in [4.78, 5) is 11.5. The van der Waals surface area contributed by atoms with Crippen LogP contribution >= 0.6 is 11.6 Å². The molecule has 0 bridgehead atoms. The van der Waals surface area contributed by atoms with E-state index in [4.69, 9.17) is 21.0 Å². The summed E-state index contributed by atoms with van der Waals surface area (Å²) in [5.41, 5.74) is 1.53. The fourth-order valence-electron chi connectivity index (χ4n) is 3.59. The Morgan fingerprint density at radius 2 is 2.07 bits per heavy atom. The summed E-state index contributed by atoms with van der Waals surface area (Å²) in [6, 6.07) is 6.14. The van der Waals surface area contributed by atoms with Crippen LogP contribution in [0.4, 0.5) is 6.01 Å². The lowest BCUT2D eigenvalue weighted by molar-refractivity contribution is 0.165. The van der Waals surface area contributed by atoms with Gasteiger partial charge in [0.25, 0.3) is 6.01 Å². The minimum atomic E-state index is -0.443. The molecule has 1 aromatic carbocycles. The van der Waals surface area contributed by atoms with E-state index in [1.165, 1.54) is 0 Å². The Morgan fingerprint density at radius 3 is 2.78 bits per heavy atom. The number of benzene rings is 1. The van der Waals surface area contributed by atoms with Gasteiger partial charge in [0.2, 0.25) is 0 Å². The highest BCUT2D eigenvalue weighted by Gasteiger charge is 2.28. The monoisotopic (exact) mass is 389 g/mol. The maximum Gasteiger partial charge on any atom is 0.298 e. The Balaban J connectivity index is 1.49. The zero-order valence-corrected chi connectivity index (χ0v) is 16.4. The van der Waals surface area contributed by atoms with Gasteiger partial charge in [0.05, 0.1) is 12.6 Å². The van der Waals surface area contributed by atoms with Crippen LogP contribution in [0.5, 0.6) is 0 Å². The van der Waals surface area contributed by atoms with Gasteiger partial charge in [-0.1, -0.05) is 18.5 Å². The largest absolute Gasteiger partial charge is 0.423 e. The number of piperidine rings is 1. The van der Waals surface area contributed by atoms with Crippen molar-refractivity contribution in [2.45, 2.75) is 51.7 Å². The predicted octanol–water partition coefficient (Wildman–Crippen LogP) is 3.40. The second-order valence-electron chi connectivity index (χ2n) is 7.14. The second-order valence-corrected chi connectivity index (χ2v) is 7.58. The third-order valence-electron chi connectivity index (χ3n) is 4.97. The van der Waals surface area contributed by atoms with E-state index in [1.807, 2.05) is 23.7 Å². The summed E-state index contributed by atoms with van der Waals surface area (Å²) in [5, 5.41) is 15.0. The van der Waals surface area contributed by atoms with Crippen molar-refractivity contribution in [2.75, 3.05) is 18.0 Å². The van der Waals surface area contributed by atoms with Gasteiger partial charge in [0.15, 0.2) is 11.4 Å². The van der Waals surface area contributed by atoms with Gasteiger partial charge in [-0.2, -0.15) is 10.1 Å².